The molecule has 0 atom stereocenters. The van der Waals surface area contributed by atoms with Crippen LogP contribution in [0.3, 0.4) is 0 Å². The minimum Gasteiger partial charge on any atom is -0.481 e. The number of pyridine rings is 1. The molecule has 18 heavy (non-hydrogen) atoms. The third-order valence-electron chi connectivity index (χ3n) is 3.30. The molecule has 2 heterocycles. The second-order valence-electron chi connectivity index (χ2n) is 4.53. The molecule has 1 aliphatic rings. The molecular formula is C13H16N2O3. The van der Waals surface area contributed by atoms with Crippen LogP contribution in [0.15, 0.2) is 24.5 Å². The lowest BCUT2D eigenvalue weighted by molar-refractivity contribution is -0.145. The van der Waals surface area contributed by atoms with Gasteiger partial charge in [-0.15, -0.1) is 0 Å². The summed E-state index contributed by atoms with van der Waals surface area (Å²) in [6, 6.07) is 3.64. The Morgan fingerprint density at radius 3 is 2.44 bits per heavy atom. The quantitative estimate of drug-likeness (QED) is 0.864. The summed E-state index contributed by atoms with van der Waals surface area (Å²) in [5.41, 5.74) is 0.940. The molecular weight excluding hydrogens is 232 g/mol. The number of amides is 1. The molecule has 0 bridgehead atoms. The smallest absolute Gasteiger partial charge is 0.306 e. The molecule has 1 aliphatic heterocycles. The third-order valence-corrected chi connectivity index (χ3v) is 3.30. The van der Waals surface area contributed by atoms with E-state index in [1.165, 1.54) is 0 Å². The summed E-state index contributed by atoms with van der Waals surface area (Å²) < 4.78 is 0. The maximum absolute atomic E-state index is 12.0. The van der Waals surface area contributed by atoms with Gasteiger partial charge in [0.25, 0.3) is 0 Å². The Morgan fingerprint density at radius 1 is 1.28 bits per heavy atom. The number of carboxylic acids is 1. The lowest BCUT2D eigenvalue weighted by atomic mass is 9.97. The molecule has 1 fully saturated rings. The minimum atomic E-state index is -0.753. The van der Waals surface area contributed by atoms with Crippen LogP contribution in [0.4, 0.5) is 0 Å². The molecule has 0 radical (unpaired) electrons. The van der Waals surface area contributed by atoms with Crippen molar-refractivity contribution in [3.8, 4) is 0 Å². The number of rotatable bonds is 3. The Balaban J connectivity index is 1.86. The SMILES string of the molecule is O=C(O)C1CCN(C(=O)Cc2ccncc2)CC1. The van der Waals surface area contributed by atoms with Gasteiger partial charge in [-0.1, -0.05) is 0 Å². The maximum Gasteiger partial charge on any atom is 0.306 e. The monoisotopic (exact) mass is 248 g/mol. The van der Waals surface area contributed by atoms with Crippen LogP contribution in [0.5, 0.6) is 0 Å². The number of aromatic nitrogens is 1. The fourth-order valence-electron chi connectivity index (χ4n) is 2.16. The number of likely N-dealkylation sites (tertiary alicyclic amines) is 1. The molecule has 5 heteroatoms. The van der Waals surface area contributed by atoms with E-state index in [9.17, 15) is 9.59 Å². The number of hydrogen-bond acceptors (Lipinski definition) is 3. The van der Waals surface area contributed by atoms with E-state index in [1.54, 1.807) is 17.3 Å². The lowest BCUT2D eigenvalue weighted by Gasteiger charge is -2.30. The van der Waals surface area contributed by atoms with Crippen LogP contribution in [0.1, 0.15) is 18.4 Å². The van der Waals surface area contributed by atoms with Gasteiger partial charge in [0.2, 0.25) is 5.91 Å². The molecule has 1 saturated heterocycles. The van der Waals surface area contributed by atoms with Crippen molar-refractivity contribution in [2.45, 2.75) is 19.3 Å². The van der Waals surface area contributed by atoms with Gasteiger partial charge in [0.1, 0.15) is 0 Å². The highest BCUT2D eigenvalue weighted by atomic mass is 16.4. The predicted octanol–water partition coefficient (Wildman–Crippen LogP) is 0.947. The normalized spacial score (nSPS) is 16.6. The lowest BCUT2D eigenvalue weighted by Crippen LogP contribution is -2.40. The van der Waals surface area contributed by atoms with E-state index in [0.717, 1.165) is 5.56 Å². The van der Waals surface area contributed by atoms with Crippen LogP contribution >= 0.6 is 0 Å². The highest BCUT2D eigenvalue weighted by molar-refractivity contribution is 5.79. The van der Waals surface area contributed by atoms with E-state index in [0.29, 0.717) is 32.4 Å². The highest BCUT2D eigenvalue weighted by Gasteiger charge is 2.26. The van der Waals surface area contributed by atoms with Crippen molar-refractivity contribution >= 4 is 11.9 Å². The zero-order valence-electron chi connectivity index (χ0n) is 10.1. The Morgan fingerprint density at radius 2 is 1.89 bits per heavy atom. The zero-order valence-corrected chi connectivity index (χ0v) is 10.1. The van der Waals surface area contributed by atoms with Gasteiger partial charge >= 0.3 is 5.97 Å². The van der Waals surface area contributed by atoms with Crippen molar-refractivity contribution in [2.75, 3.05) is 13.1 Å². The highest BCUT2D eigenvalue weighted by Crippen LogP contribution is 2.18. The summed E-state index contributed by atoms with van der Waals surface area (Å²) in [6.45, 7) is 1.09. The number of hydrogen-bond donors (Lipinski definition) is 1. The van der Waals surface area contributed by atoms with Gasteiger partial charge in [-0.25, -0.2) is 0 Å². The summed E-state index contributed by atoms with van der Waals surface area (Å²) in [5, 5.41) is 8.89. The number of piperidine rings is 1. The fourth-order valence-corrected chi connectivity index (χ4v) is 2.16. The molecule has 0 aromatic carbocycles. The van der Waals surface area contributed by atoms with E-state index in [4.69, 9.17) is 5.11 Å². The first-order valence-electron chi connectivity index (χ1n) is 6.06. The number of nitrogens with zero attached hydrogens (tertiary/aromatic N) is 2. The van der Waals surface area contributed by atoms with Gasteiger partial charge in [0.15, 0.2) is 0 Å². The van der Waals surface area contributed by atoms with E-state index in [-0.39, 0.29) is 11.8 Å². The maximum atomic E-state index is 12.0. The molecule has 0 spiro atoms. The minimum absolute atomic E-state index is 0.0602. The first-order valence-corrected chi connectivity index (χ1v) is 6.06. The van der Waals surface area contributed by atoms with Crippen molar-refractivity contribution < 1.29 is 14.7 Å². The predicted molar refractivity (Wildman–Crippen MR) is 64.9 cm³/mol. The van der Waals surface area contributed by atoms with Crippen LogP contribution in [0.2, 0.25) is 0 Å². The van der Waals surface area contributed by atoms with Gasteiger partial charge in [-0.2, -0.15) is 0 Å². The number of carbonyl (C=O) groups is 2. The molecule has 1 N–H and O–H groups in total. The second kappa shape index (κ2) is 5.62. The molecule has 0 saturated carbocycles. The van der Waals surface area contributed by atoms with E-state index in [2.05, 4.69) is 4.98 Å². The number of carbonyl (C=O) groups excluding carboxylic acids is 1. The molecule has 1 amide bonds. The van der Waals surface area contributed by atoms with Gasteiger partial charge in [-0.3, -0.25) is 14.6 Å². The molecule has 1 aromatic rings. The Bertz CT molecular complexity index is 425. The second-order valence-corrected chi connectivity index (χ2v) is 4.53. The number of aliphatic carboxylic acids is 1. The third kappa shape index (κ3) is 3.06. The van der Waals surface area contributed by atoms with Crippen LogP contribution in [0, 0.1) is 5.92 Å². The molecule has 1 aromatic heterocycles. The van der Waals surface area contributed by atoms with Crippen molar-refractivity contribution in [3.05, 3.63) is 30.1 Å². The summed E-state index contributed by atoms with van der Waals surface area (Å²) in [6.07, 6.45) is 4.80. The first-order chi connectivity index (χ1) is 8.66. The van der Waals surface area contributed by atoms with Gasteiger partial charge in [0, 0.05) is 25.5 Å². The van der Waals surface area contributed by atoms with Crippen LogP contribution in [-0.4, -0.2) is 40.0 Å². The standard InChI is InChI=1S/C13H16N2O3/c16-12(9-10-1-5-14-6-2-10)15-7-3-11(4-8-15)13(17)18/h1-2,5-6,11H,3-4,7-9H2,(H,17,18). The Kier molecular flexibility index (Phi) is 3.92. The van der Waals surface area contributed by atoms with Crippen LogP contribution in [-0.2, 0) is 16.0 Å². The van der Waals surface area contributed by atoms with Gasteiger partial charge in [0.05, 0.1) is 12.3 Å². The fraction of sp³-hybridized carbons (Fsp3) is 0.462. The average Bonchev–Trinajstić information content (AvgIpc) is 2.40. The van der Waals surface area contributed by atoms with Crippen molar-refractivity contribution in [1.82, 2.24) is 9.88 Å². The topological polar surface area (TPSA) is 70.5 Å². The zero-order chi connectivity index (χ0) is 13.0. The van der Waals surface area contributed by atoms with Crippen LogP contribution in [0.25, 0.3) is 0 Å². The van der Waals surface area contributed by atoms with Crippen molar-refractivity contribution in [2.24, 2.45) is 5.92 Å². The molecule has 5 nitrogen and oxygen atoms in total. The molecule has 0 aliphatic carbocycles. The van der Waals surface area contributed by atoms with Crippen LogP contribution < -0.4 is 0 Å². The summed E-state index contributed by atoms with van der Waals surface area (Å²) in [5.74, 6) is -0.990. The van der Waals surface area contributed by atoms with Gasteiger partial charge < -0.3 is 10.0 Å². The van der Waals surface area contributed by atoms with Gasteiger partial charge in [-0.05, 0) is 30.5 Å². The largest absolute Gasteiger partial charge is 0.481 e. The van der Waals surface area contributed by atoms with E-state index >= 15 is 0 Å². The summed E-state index contributed by atoms with van der Waals surface area (Å²) >= 11 is 0. The number of carboxylic acid groups (broad SMARTS) is 1. The van der Waals surface area contributed by atoms with Crippen molar-refractivity contribution in [3.63, 3.8) is 0 Å². The van der Waals surface area contributed by atoms with Crippen molar-refractivity contribution in [1.29, 1.82) is 0 Å². The molecule has 96 valence electrons. The Labute approximate surface area is 105 Å². The average molecular weight is 248 g/mol. The van der Waals surface area contributed by atoms with E-state index in [1.807, 2.05) is 12.1 Å². The Hall–Kier alpha value is -1.91. The summed E-state index contributed by atoms with van der Waals surface area (Å²) in [4.78, 5) is 28.5. The first kappa shape index (κ1) is 12.5. The summed E-state index contributed by atoms with van der Waals surface area (Å²) in [7, 11) is 0. The molecule has 0 unspecified atom stereocenters. The molecule has 2 rings (SSSR count). The van der Waals surface area contributed by atoms with E-state index < -0.39 is 5.97 Å².